The van der Waals surface area contributed by atoms with E-state index in [9.17, 15) is 4.79 Å². The average Bonchev–Trinajstić information content (AvgIpc) is 2.62. The molecule has 1 heterocycles. The summed E-state index contributed by atoms with van der Waals surface area (Å²) in [6.07, 6.45) is 0.184. The maximum Gasteiger partial charge on any atom is 0.246 e. The maximum absolute atomic E-state index is 13.2. The zero-order valence-electron chi connectivity index (χ0n) is 15.5. The van der Waals surface area contributed by atoms with Gasteiger partial charge in [-0.1, -0.05) is 36.4 Å². The molecule has 0 saturated carbocycles. The van der Waals surface area contributed by atoms with Gasteiger partial charge in [0.2, 0.25) is 5.91 Å². The number of ether oxygens (including phenoxy) is 2. The summed E-state index contributed by atoms with van der Waals surface area (Å²) in [4.78, 5) is 15.4. The van der Waals surface area contributed by atoms with Crippen molar-refractivity contribution in [2.45, 2.75) is 32.1 Å². The van der Waals surface area contributed by atoms with Gasteiger partial charge in [-0.15, -0.1) is 0 Å². The molecule has 5 heteroatoms. The number of carbonyl (C=O) groups is 1. The summed E-state index contributed by atoms with van der Waals surface area (Å²) in [6.45, 7) is 5.53. The quantitative estimate of drug-likeness (QED) is 0.893. The van der Waals surface area contributed by atoms with Gasteiger partial charge in [0, 0.05) is 24.8 Å². The van der Waals surface area contributed by atoms with Crippen LogP contribution in [0.2, 0.25) is 0 Å². The van der Waals surface area contributed by atoms with E-state index >= 15 is 0 Å². The second-order valence-electron chi connectivity index (χ2n) is 6.75. The minimum atomic E-state index is -0.365. The summed E-state index contributed by atoms with van der Waals surface area (Å²) < 4.78 is 11.1. The highest BCUT2D eigenvalue weighted by Gasteiger charge is 2.33. The number of rotatable bonds is 5. The zero-order chi connectivity index (χ0) is 18.5. The number of anilines is 1. The third-order valence-electron chi connectivity index (χ3n) is 4.51. The first kappa shape index (κ1) is 18.4. The summed E-state index contributed by atoms with van der Waals surface area (Å²) in [5.41, 5.74) is 1.71. The lowest BCUT2D eigenvalue weighted by molar-refractivity contribution is -0.128. The van der Waals surface area contributed by atoms with Gasteiger partial charge in [0.25, 0.3) is 0 Å². The molecule has 1 aliphatic heterocycles. The Kier molecular flexibility index (Phi) is 5.91. The van der Waals surface area contributed by atoms with Gasteiger partial charge < -0.3 is 14.8 Å². The highest BCUT2D eigenvalue weighted by Crippen LogP contribution is 2.27. The van der Waals surface area contributed by atoms with E-state index in [1.165, 1.54) is 0 Å². The molecule has 0 aliphatic carbocycles. The Morgan fingerprint density at radius 3 is 2.46 bits per heavy atom. The highest BCUT2D eigenvalue weighted by atomic mass is 16.5. The van der Waals surface area contributed by atoms with Crippen molar-refractivity contribution in [3.63, 3.8) is 0 Å². The number of nitrogens with one attached hydrogen (secondary N) is 1. The lowest BCUT2D eigenvalue weighted by Gasteiger charge is -2.39. The first-order chi connectivity index (χ1) is 12.6. The molecule has 1 N–H and O–H groups in total. The number of amides is 1. The average molecular weight is 354 g/mol. The van der Waals surface area contributed by atoms with Crippen LogP contribution in [0.15, 0.2) is 54.6 Å². The SMILES string of the molecule is COc1cccc(NC(=O)[C@H](c2ccccc2)N2C[C@H](C)O[C@@H](C)C2)c1. The summed E-state index contributed by atoms with van der Waals surface area (Å²) in [7, 11) is 1.62. The first-order valence-corrected chi connectivity index (χ1v) is 8.96. The number of nitrogens with zero attached hydrogens (tertiary/aromatic N) is 1. The van der Waals surface area contributed by atoms with Gasteiger partial charge in [-0.2, -0.15) is 0 Å². The van der Waals surface area contributed by atoms with E-state index in [4.69, 9.17) is 9.47 Å². The predicted molar refractivity (Wildman–Crippen MR) is 102 cm³/mol. The lowest BCUT2D eigenvalue weighted by Crippen LogP contribution is -2.49. The van der Waals surface area contributed by atoms with E-state index in [0.717, 1.165) is 24.3 Å². The number of hydrogen-bond acceptors (Lipinski definition) is 4. The fourth-order valence-electron chi connectivity index (χ4n) is 3.50. The molecule has 0 radical (unpaired) electrons. The van der Waals surface area contributed by atoms with Gasteiger partial charge >= 0.3 is 0 Å². The van der Waals surface area contributed by atoms with Gasteiger partial charge in [-0.3, -0.25) is 9.69 Å². The number of benzene rings is 2. The molecule has 1 amide bonds. The smallest absolute Gasteiger partial charge is 0.246 e. The Bertz CT molecular complexity index is 725. The Hall–Kier alpha value is -2.37. The molecule has 3 rings (SSSR count). The van der Waals surface area contributed by atoms with Crippen LogP contribution in [0.5, 0.6) is 5.75 Å². The standard InChI is InChI=1S/C21H26N2O3/c1-15-13-23(14-16(2)26-15)20(17-8-5-4-6-9-17)21(24)22-18-10-7-11-19(12-18)25-3/h4-12,15-16,20H,13-14H2,1-3H3,(H,22,24)/t15-,16-,20-/m0/s1. The van der Waals surface area contributed by atoms with Crippen molar-refractivity contribution >= 4 is 11.6 Å². The Morgan fingerprint density at radius 2 is 1.81 bits per heavy atom. The molecular weight excluding hydrogens is 328 g/mol. The minimum Gasteiger partial charge on any atom is -0.497 e. The Labute approximate surface area is 154 Å². The molecule has 3 atom stereocenters. The van der Waals surface area contributed by atoms with Gasteiger partial charge in [0.05, 0.1) is 19.3 Å². The van der Waals surface area contributed by atoms with Crippen molar-refractivity contribution in [1.82, 2.24) is 4.90 Å². The number of hydrogen-bond donors (Lipinski definition) is 1. The molecule has 0 unspecified atom stereocenters. The van der Waals surface area contributed by atoms with Gasteiger partial charge in [0.1, 0.15) is 11.8 Å². The molecule has 2 aromatic carbocycles. The van der Waals surface area contributed by atoms with E-state index < -0.39 is 0 Å². The summed E-state index contributed by atoms with van der Waals surface area (Å²) in [5.74, 6) is 0.665. The molecule has 1 aliphatic rings. The van der Waals surface area contributed by atoms with Gasteiger partial charge in [0.15, 0.2) is 0 Å². The van der Waals surface area contributed by atoms with Crippen LogP contribution in [0.25, 0.3) is 0 Å². The van der Waals surface area contributed by atoms with Crippen molar-refractivity contribution in [2.24, 2.45) is 0 Å². The normalized spacial score (nSPS) is 21.8. The van der Waals surface area contributed by atoms with E-state index in [0.29, 0.717) is 5.75 Å². The molecule has 26 heavy (non-hydrogen) atoms. The van der Waals surface area contributed by atoms with Crippen molar-refractivity contribution in [3.8, 4) is 5.75 Å². The predicted octanol–water partition coefficient (Wildman–Crippen LogP) is 3.48. The second-order valence-corrected chi connectivity index (χ2v) is 6.75. The van der Waals surface area contributed by atoms with Gasteiger partial charge in [-0.25, -0.2) is 0 Å². The number of methoxy groups -OCH3 is 1. The lowest BCUT2D eigenvalue weighted by atomic mass is 10.0. The monoisotopic (exact) mass is 354 g/mol. The van der Waals surface area contributed by atoms with Crippen LogP contribution in [0.4, 0.5) is 5.69 Å². The van der Waals surface area contributed by atoms with E-state index in [2.05, 4.69) is 10.2 Å². The third-order valence-corrected chi connectivity index (χ3v) is 4.51. The summed E-state index contributed by atoms with van der Waals surface area (Å²) in [5, 5.41) is 3.04. The number of carbonyl (C=O) groups excluding carboxylic acids is 1. The molecule has 5 nitrogen and oxygen atoms in total. The maximum atomic E-state index is 13.2. The molecule has 0 bridgehead atoms. The molecule has 1 saturated heterocycles. The van der Waals surface area contributed by atoms with Crippen LogP contribution < -0.4 is 10.1 Å². The summed E-state index contributed by atoms with van der Waals surface area (Å²) >= 11 is 0. The Balaban J connectivity index is 1.86. The number of morpholine rings is 1. The summed E-state index contributed by atoms with van der Waals surface area (Å²) in [6, 6.07) is 16.9. The fourth-order valence-corrected chi connectivity index (χ4v) is 3.50. The van der Waals surface area contributed by atoms with Crippen molar-refractivity contribution < 1.29 is 14.3 Å². The zero-order valence-corrected chi connectivity index (χ0v) is 15.5. The van der Waals surface area contributed by atoms with Crippen molar-refractivity contribution in [3.05, 3.63) is 60.2 Å². The van der Waals surface area contributed by atoms with E-state index in [1.54, 1.807) is 7.11 Å². The van der Waals surface area contributed by atoms with Gasteiger partial charge in [-0.05, 0) is 31.5 Å². The van der Waals surface area contributed by atoms with Crippen LogP contribution in [-0.2, 0) is 9.53 Å². The van der Waals surface area contributed by atoms with Crippen LogP contribution in [0, 0.1) is 0 Å². The molecular formula is C21H26N2O3. The van der Waals surface area contributed by atoms with Crippen LogP contribution in [0.1, 0.15) is 25.5 Å². The van der Waals surface area contributed by atoms with Crippen molar-refractivity contribution in [2.75, 3.05) is 25.5 Å². The van der Waals surface area contributed by atoms with Crippen molar-refractivity contribution in [1.29, 1.82) is 0 Å². The fraction of sp³-hybridized carbons (Fsp3) is 0.381. The first-order valence-electron chi connectivity index (χ1n) is 8.96. The second kappa shape index (κ2) is 8.34. The minimum absolute atomic E-state index is 0.0502. The molecule has 0 aromatic heterocycles. The topological polar surface area (TPSA) is 50.8 Å². The van der Waals surface area contributed by atoms with E-state index in [1.807, 2.05) is 68.4 Å². The molecule has 2 aromatic rings. The molecule has 0 spiro atoms. The van der Waals surface area contributed by atoms with Crippen LogP contribution in [0.3, 0.4) is 0 Å². The third kappa shape index (κ3) is 4.42. The molecule has 138 valence electrons. The van der Waals surface area contributed by atoms with Crippen LogP contribution in [-0.4, -0.2) is 43.2 Å². The Morgan fingerprint density at radius 1 is 1.12 bits per heavy atom. The molecule has 1 fully saturated rings. The highest BCUT2D eigenvalue weighted by molar-refractivity contribution is 5.95. The van der Waals surface area contributed by atoms with E-state index in [-0.39, 0.29) is 24.2 Å². The largest absolute Gasteiger partial charge is 0.497 e. The van der Waals surface area contributed by atoms with Crippen LogP contribution >= 0.6 is 0 Å².